The van der Waals surface area contributed by atoms with Gasteiger partial charge in [-0.1, -0.05) is 107 Å². The molecule has 4 heterocycles. The van der Waals surface area contributed by atoms with Crippen molar-refractivity contribution in [2.45, 2.75) is 87.7 Å². The van der Waals surface area contributed by atoms with Crippen molar-refractivity contribution in [3.8, 4) is 33.8 Å². The van der Waals surface area contributed by atoms with E-state index in [1.165, 1.54) is 18.3 Å². The van der Waals surface area contributed by atoms with Crippen LogP contribution in [-0.2, 0) is 32.9 Å². The van der Waals surface area contributed by atoms with Crippen molar-refractivity contribution in [1.82, 2.24) is 15.0 Å². The molecule has 0 saturated carbocycles. The van der Waals surface area contributed by atoms with E-state index in [-0.39, 0.29) is 49.4 Å². The number of hydrogen-bond acceptors (Lipinski definition) is 4. The summed E-state index contributed by atoms with van der Waals surface area (Å²) in [5.41, 5.74) is 7.03. The largest absolute Gasteiger partial charge is 0.486 e. The van der Waals surface area contributed by atoms with E-state index in [4.69, 9.17) is 23.1 Å². The predicted molar refractivity (Wildman–Crippen MR) is 226 cm³/mol. The van der Waals surface area contributed by atoms with Gasteiger partial charge in [0.1, 0.15) is 0 Å². The fourth-order valence-corrected chi connectivity index (χ4v) is 7.71. The minimum atomic E-state index is -2.49. The molecule has 0 saturated heterocycles. The Labute approximate surface area is 351 Å². The molecule has 3 aromatic carbocycles. The minimum absolute atomic E-state index is 0. The molecule has 0 bridgehead atoms. The Hall–Kier alpha value is -4.22. The summed E-state index contributed by atoms with van der Waals surface area (Å²) in [5.74, 6) is -0.442. The molecule has 0 atom stereocenters. The number of pyridine rings is 3. The molecular weight excluding hydrogens is 855 g/mol. The first kappa shape index (κ1) is 29.1. The molecule has 4 nitrogen and oxygen atoms in total. The van der Waals surface area contributed by atoms with E-state index in [1.54, 1.807) is 32.2 Å². The Morgan fingerprint density at radius 2 is 1.57 bits per heavy atom. The molecule has 7 rings (SSSR count). The van der Waals surface area contributed by atoms with Crippen LogP contribution in [0.15, 0.2) is 95.6 Å². The summed E-state index contributed by atoms with van der Waals surface area (Å²) in [6, 6.07) is 24.1. The van der Waals surface area contributed by atoms with Gasteiger partial charge in [-0.2, -0.15) is 0 Å². The van der Waals surface area contributed by atoms with Gasteiger partial charge in [0.2, 0.25) is 5.71 Å². The summed E-state index contributed by atoms with van der Waals surface area (Å²) in [7, 11) is -1.84. The Balaban J connectivity index is 0.000000253. The van der Waals surface area contributed by atoms with Gasteiger partial charge in [0.15, 0.2) is 0 Å². The minimum Gasteiger partial charge on any atom is -0.486 e. The Morgan fingerprint density at radius 1 is 0.852 bits per heavy atom. The van der Waals surface area contributed by atoms with Gasteiger partial charge in [0.25, 0.3) is 0 Å². The maximum absolute atomic E-state index is 8.76. The zero-order chi connectivity index (χ0) is 46.8. The molecule has 0 unspecified atom stereocenters. The number of aryl methyl sites for hydroxylation is 3. The number of furan rings is 1. The van der Waals surface area contributed by atoms with E-state index in [0.29, 0.717) is 39.4 Å². The van der Waals surface area contributed by atoms with Gasteiger partial charge in [0, 0.05) is 55.8 Å². The van der Waals surface area contributed by atoms with Crippen LogP contribution in [0.5, 0.6) is 0 Å². The maximum atomic E-state index is 8.76. The topological polar surface area (TPSA) is 51.8 Å². The van der Waals surface area contributed by atoms with Crippen LogP contribution in [0.3, 0.4) is 0 Å². The number of rotatable bonds is 7. The first-order valence-corrected chi connectivity index (χ1v) is 21.4. The number of hydrogen-bond donors (Lipinski definition) is 0. The third-order valence-corrected chi connectivity index (χ3v) is 10.7. The Bertz CT molecular complexity index is 2820. The molecule has 0 aliphatic rings. The van der Waals surface area contributed by atoms with E-state index in [9.17, 15) is 0 Å². The average molecular weight is 918 g/mol. The zero-order valence-corrected chi connectivity index (χ0v) is 36.0. The van der Waals surface area contributed by atoms with Crippen molar-refractivity contribution in [3.63, 3.8) is 0 Å². The average Bonchev–Trinajstić information content (AvgIpc) is 3.56. The molecule has 1 radical (unpaired) electrons. The van der Waals surface area contributed by atoms with Crippen LogP contribution in [0, 0.1) is 44.2 Å². The molecule has 0 spiro atoms. The number of nitrogens with zero attached hydrogens (tertiary/aromatic N) is 3. The fourth-order valence-electron chi connectivity index (χ4n) is 6.32. The monoisotopic (exact) mass is 918 g/mol. The van der Waals surface area contributed by atoms with Gasteiger partial charge in [-0.3, -0.25) is 0 Å². The second-order valence-corrected chi connectivity index (χ2v) is 20.8. The van der Waals surface area contributed by atoms with Crippen LogP contribution in [0.1, 0.15) is 76.1 Å². The van der Waals surface area contributed by atoms with E-state index in [2.05, 4.69) is 67.7 Å². The second-order valence-electron chi connectivity index (χ2n) is 15.7. The standard InChI is InChI=1S/C29H27N2O.C19H26NSi.Ir/c1-17(2)14-21-15-26(30-16-20(21)5)24-11-7-10-22-23-12-13-25(31-29(23)32-28(22)24)27-18(3)8-6-9-19(27)4;1-19(2,3)13-16-12-17(15-10-8-7-9-11-15)20-14-18(16)21(4,5)6;/h6-10,12-13,15-17H,14H2,1-5H3;7-10,12,14H,13H2,1-6H3;/q2*-1;/i5D3,14D2;7D,8D,9D,13D2;. The van der Waals surface area contributed by atoms with Gasteiger partial charge in [0.05, 0.1) is 19.4 Å². The van der Waals surface area contributed by atoms with Gasteiger partial charge in [-0.05, 0) is 91.5 Å². The van der Waals surface area contributed by atoms with Crippen LogP contribution in [0.4, 0.5) is 0 Å². The number of aromatic nitrogens is 3. The normalized spacial score (nSPS) is 15.2. The molecule has 0 fully saturated rings. The summed E-state index contributed by atoms with van der Waals surface area (Å²) in [6.07, 6.45) is -0.436. The molecule has 0 aliphatic carbocycles. The van der Waals surface area contributed by atoms with Gasteiger partial charge >= 0.3 is 0 Å². The van der Waals surface area contributed by atoms with Crippen molar-refractivity contribution in [2.75, 3.05) is 0 Å². The fraction of sp³-hybridized carbons (Fsp3) is 0.312. The number of benzene rings is 3. The first-order valence-electron chi connectivity index (χ1n) is 22.9. The van der Waals surface area contributed by atoms with Crippen molar-refractivity contribution in [2.24, 2.45) is 11.3 Å². The summed E-state index contributed by atoms with van der Waals surface area (Å²) in [4.78, 5) is 13.7. The summed E-state index contributed by atoms with van der Waals surface area (Å²) < 4.78 is 88.2. The Morgan fingerprint density at radius 3 is 2.24 bits per heavy atom. The molecule has 6 heteroatoms. The van der Waals surface area contributed by atoms with E-state index >= 15 is 0 Å². The zero-order valence-electron chi connectivity index (χ0n) is 42.6. The molecule has 0 N–H and O–H groups in total. The predicted octanol–water partition coefficient (Wildman–Crippen LogP) is 12.3. The SMILES string of the molecule is [2H]C([2H])([2H])c1cnc(-c2[c-]ccc3c2oc2nc(-c4c(C)cccc4C)ccc23)cc1C([2H])([2H])C(C)C.[2H]c1[c-]c(-c2cc(C([2H])([2H])C(C)(C)C)c([Si](C)(C)C)cn2)cc([2H])c1[2H].[Ir]. The smallest absolute Gasteiger partial charge is 0.216 e. The summed E-state index contributed by atoms with van der Waals surface area (Å²) >= 11 is 0. The first-order chi connectivity index (χ1) is 29.0. The molecular formula is C48H53IrN3OSi-2. The van der Waals surface area contributed by atoms with Gasteiger partial charge < -0.3 is 14.4 Å². The van der Waals surface area contributed by atoms with E-state index < -0.39 is 39.0 Å². The molecule has 54 heavy (non-hydrogen) atoms. The van der Waals surface area contributed by atoms with Crippen LogP contribution >= 0.6 is 0 Å². The molecule has 0 aliphatic heterocycles. The quantitative estimate of drug-likeness (QED) is 0.118. The van der Waals surface area contributed by atoms with Gasteiger partial charge in [-0.25, -0.2) is 4.98 Å². The third-order valence-electron chi connectivity index (χ3n) is 8.69. The van der Waals surface area contributed by atoms with Crippen molar-refractivity contribution >= 4 is 35.3 Å². The Kier molecular flexibility index (Phi) is 8.98. The van der Waals surface area contributed by atoms with Gasteiger partial charge in [-0.15, -0.1) is 54.0 Å². The molecule has 4 aromatic heterocycles. The van der Waals surface area contributed by atoms with E-state index in [1.807, 2.05) is 45.0 Å². The van der Waals surface area contributed by atoms with Crippen LogP contribution in [-0.4, -0.2) is 23.0 Å². The summed E-state index contributed by atoms with van der Waals surface area (Å²) in [6.45, 7) is 17.2. The van der Waals surface area contributed by atoms with E-state index in [0.717, 1.165) is 38.3 Å². The van der Waals surface area contributed by atoms with Crippen molar-refractivity contribution in [1.29, 1.82) is 0 Å². The molecule has 281 valence electrons. The molecule has 7 aromatic rings. The maximum Gasteiger partial charge on any atom is 0.216 e. The van der Waals surface area contributed by atoms with Crippen molar-refractivity contribution < 1.29 is 38.2 Å². The number of fused-ring (bicyclic) bond motifs is 3. The van der Waals surface area contributed by atoms with Crippen LogP contribution in [0.2, 0.25) is 19.6 Å². The molecule has 0 amide bonds. The second kappa shape index (κ2) is 16.6. The summed E-state index contributed by atoms with van der Waals surface area (Å²) in [5, 5.41) is 2.65. The van der Waals surface area contributed by atoms with Crippen LogP contribution < -0.4 is 5.19 Å². The third kappa shape index (κ3) is 9.34. The van der Waals surface area contributed by atoms with Crippen LogP contribution in [0.25, 0.3) is 55.8 Å². The van der Waals surface area contributed by atoms with Crippen molar-refractivity contribution in [3.05, 3.63) is 131 Å².